The molecule has 3 aromatic heterocycles. The summed E-state index contributed by atoms with van der Waals surface area (Å²) in [5, 5.41) is 10.1. The largest absolute Gasteiger partial charge is 0.408 e. The van der Waals surface area contributed by atoms with Crippen LogP contribution in [0.1, 0.15) is 64.6 Å². The highest BCUT2D eigenvalue weighted by molar-refractivity contribution is 7.98. The van der Waals surface area contributed by atoms with Crippen LogP contribution in [-0.4, -0.2) is 59.6 Å². The summed E-state index contributed by atoms with van der Waals surface area (Å²) in [6.07, 6.45) is 2.00. The molecule has 1 aliphatic rings. The number of rotatable bonds is 11. The zero-order valence-electron chi connectivity index (χ0n) is 33.4. The van der Waals surface area contributed by atoms with E-state index in [0.717, 1.165) is 28.0 Å². The zero-order chi connectivity index (χ0) is 39.2. The van der Waals surface area contributed by atoms with Crippen LogP contribution in [-0.2, 0) is 19.3 Å². The van der Waals surface area contributed by atoms with E-state index in [2.05, 4.69) is 121 Å². The van der Waals surface area contributed by atoms with Gasteiger partial charge in [-0.25, -0.2) is 9.97 Å². The number of anilines is 1. The highest BCUT2D eigenvalue weighted by Crippen LogP contribution is 2.48. The molecule has 0 bridgehead atoms. The van der Waals surface area contributed by atoms with E-state index < -0.39 is 29.0 Å². The molecule has 0 saturated carbocycles. The summed E-state index contributed by atoms with van der Waals surface area (Å²) in [4.78, 5) is 10.4. The van der Waals surface area contributed by atoms with Crippen LogP contribution >= 0.6 is 23.3 Å². The number of fused-ring (bicyclic) bond motifs is 1. The lowest BCUT2D eigenvalue weighted by molar-refractivity contribution is -0.0243. The second-order valence-electron chi connectivity index (χ2n) is 17.3. The fraction of sp³-hybridized carbons (Fsp3) is 0.463. The van der Waals surface area contributed by atoms with Crippen molar-refractivity contribution in [3.63, 3.8) is 0 Å². The molecule has 4 atom stereocenters. The number of thioether (sulfide) groups is 1. The molecule has 286 valence electrons. The minimum absolute atomic E-state index is 0.0288. The Hall–Kier alpha value is -3.36. The Morgan fingerprint density at radius 2 is 1.54 bits per heavy atom. The molecule has 0 spiro atoms. The molecular formula is C41H54N6O3S2Si2. The summed E-state index contributed by atoms with van der Waals surface area (Å²) in [5.41, 5.74) is 13.2. The standard InChI is InChI=1S/C41H54N6O3S2Si2/c1-26-31(36(52-46-26)29-15-13-12-14-16-29)23-51-24-32-34(49-53(8,9)40(2,3)4)35(50-54(10,11)41(5,6)7)39(48-32)47-22-30(28-19-17-27(21-42)18-20-28)33-37(43)44-25-45-38(33)47/h12-20,22,25,32,34-35,39H,23-24H2,1-11H3,(H2,43,44,45)/t32-,34-,35-,39-/m1/s1. The third kappa shape index (κ3) is 7.98. The van der Waals surface area contributed by atoms with Gasteiger partial charge in [0, 0.05) is 28.8 Å². The number of aromatic nitrogens is 4. The van der Waals surface area contributed by atoms with Crippen molar-refractivity contribution in [3.05, 3.63) is 83.9 Å². The zero-order valence-corrected chi connectivity index (χ0v) is 37.1. The number of aryl methyl sites for hydroxylation is 1. The van der Waals surface area contributed by atoms with E-state index in [1.54, 1.807) is 11.5 Å². The second-order valence-corrected chi connectivity index (χ2v) is 28.6. The number of nitriles is 1. The summed E-state index contributed by atoms with van der Waals surface area (Å²) in [7, 11) is -4.69. The Balaban J connectivity index is 1.44. The molecule has 2 aromatic carbocycles. The van der Waals surface area contributed by atoms with E-state index in [1.807, 2.05) is 42.1 Å². The van der Waals surface area contributed by atoms with E-state index in [1.165, 1.54) is 22.3 Å². The first kappa shape index (κ1) is 40.3. The van der Waals surface area contributed by atoms with Gasteiger partial charge in [-0.2, -0.15) is 21.4 Å². The maximum atomic E-state index is 9.48. The van der Waals surface area contributed by atoms with Crippen LogP contribution in [0.15, 0.2) is 67.1 Å². The summed E-state index contributed by atoms with van der Waals surface area (Å²) < 4.78 is 29.0. The van der Waals surface area contributed by atoms with Crippen LogP contribution in [0.3, 0.4) is 0 Å². The molecule has 0 unspecified atom stereocenters. The third-order valence-corrected chi connectivity index (χ3v) is 22.6. The number of hydrogen-bond donors (Lipinski definition) is 1. The number of benzene rings is 2. The lowest BCUT2D eigenvalue weighted by Gasteiger charge is -2.44. The highest BCUT2D eigenvalue weighted by Gasteiger charge is 2.54. The van der Waals surface area contributed by atoms with Crippen molar-refractivity contribution in [1.29, 1.82) is 5.26 Å². The van der Waals surface area contributed by atoms with Crippen LogP contribution < -0.4 is 5.73 Å². The molecule has 0 aliphatic carbocycles. The van der Waals surface area contributed by atoms with Crippen molar-refractivity contribution in [2.24, 2.45) is 0 Å². The average Bonchev–Trinajstić information content (AvgIpc) is 3.78. The van der Waals surface area contributed by atoms with Gasteiger partial charge < -0.3 is 23.9 Å². The van der Waals surface area contributed by atoms with E-state index in [4.69, 9.17) is 28.7 Å². The predicted octanol–water partition coefficient (Wildman–Crippen LogP) is 10.6. The van der Waals surface area contributed by atoms with E-state index >= 15 is 0 Å². The number of ether oxygens (including phenoxy) is 1. The van der Waals surface area contributed by atoms with Gasteiger partial charge in [-0.3, -0.25) is 0 Å². The van der Waals surface area contributed by atoms with Gasteiger partial charge in [0.1, 0.15) is 30.0 Å². The molecule has 13 heteroatoms. The van der Waals surface area contributed by atoms with Crippen molar-refractivity contribution in [2.75, 3.05) is 11.5 Å². The van der Waals surface area contributed by atoms with Crippen molar-refractivity contribution >= 4 is 56.8 Å². The van der Waals surface area contributed by atoms with Crippen molar-refractivity contribution in [1.82, 2.24) is 18.9 Å². The molecule has 0 amide bonds. The van der Waals surface area contributed by atoms with Crippen molar-refractivity contribution in [3.8, 4) is 27.6 Å². The normalized spacial score (nSPS) is 19.7. The quantitative estimate of drug-likeness (QED) is 0.130. The van der Waals surface area contributed by atoms with Gasteiger partial charge in [-0.1, -0.05) is 84.0 Å². The predicted molar refractivity (Wildman–Crippen MR) is 229 cm³/mol. The Kier molecular flexibility index (Phi) is 11.4. The summed E-state index contributed by atoms with van der Waals surface area (Å²) in [6, 6.07) is 20.3. The van der Waals surface area contributed by atoms with E-state index in [-0.39, 0.29) is 22.3 Å². The first-order valence-corrected chi connectivity index (χ1v) is 26.3. The number of nitrogens with two attached hydrogens (primary N) is 1. The Morgan fingerprint density at radius 1 is 0.907 bits per heavy atom. The third-order valence-electron chi connectivity index (χ3n) is 11.5. The lowest BCUT2D eigenvalue weighted by Crippen LogP contribution is -2.53. The smallest absolute Gasteiger partial charge is 0.192 e. The Bertz CT molecular complexity index is 2130. The highest BCUT2D eigenvalue weighted by atomic mass is 32.2. The monoisotopic (exact) mass is 798 g/mol. The molecule has 1 saturated heterocycles. The van der Waals surface area contributed by atoms with Crippen LogP contribution in [0.5, 0.6) is 0 Å². The van der Waals surface area contributed by atoms with Gasteiger partial charge >= 0.3 is 0 Å². The first-order valence-electron chi connectivity index (χ1n) is 18.5. The lowest BCUT2D eigenvalue weighted by atomic mass is 10.0. The van der Waals surface area contributed by atoms with Gasteiger partial charge in [0.2, 0.25) is 0 Å². The van der Waals surface area contributed by atoms with Gasteiger partial charge in [-0.15, -0.1) is 0 Å². The fourth-order valence-electron chi connectivity index (χ4n) is 6.27. The minimum atomic E-state index is -2.37. The SMILES string of the molecule is Cc1nsc(-c2ccccc2)c1CSC[C@H]1O[C@@H](n2cc(-c3ccc(C#N)cc3)c3c(N)ncnc32)[C@H](O[Si](C)(C)C(C)(C)C)[C@@H]1O[Si](C)(C)C(C)(C)C. The molecule has 1 aliphatic heterocycles. The summed E-state index contributed by atoms with van der Waals surface area (Å²) in [6.45, 7) is 24.9. The van der Waals surface area contributed by atoms with Crippen LogP contribution in [0.4, 0.5) is 5.82 Å². The molecule has 2 N–H and O–H groups in total. The van der Waals surface area contributed by atoms with E-state index in [0.29, 0.717) is 22.8 Å². The molecule has 4 heterocycles. The Labute approximate surface area is 331 Å². The number of hydrogen-bond acceptors (Lipinski definition) is 10. The summed E-state index contributed by atoms with van der Waals surface area (Å²) >= 11 is 3.42. The Morgan fingerprint density at radius 3 is 2.15 bits per heavy atom. The van der Waals surface area contributed by atoms with Crippen LogP contribution in [0, 0.1) is 18.3 Å². The van der Waals surface area contributed by atoms with Gasteiger partial charge in [0.05, 0.1) is 33.7 Å². The fourth-order valence-corrected chi connectivity index (χ4v) is 11.0. The van der Waals surface area contributed by atoms with Crippen LogP contribution in [0.25, 0.3) is 32.6 Å². The van der Waals surface area contributed by atoms with Gasteiger partial charge in [0.15, 0.2) is 22.9 Å². The molecule has 6 rings (SSSR count). The van der Waals surface area contributed by atoms with Gasteiger partial charge in [0.25, 0.3) is 0 Å². The first-order chi connectivity index (χ1) is 25.3. The van der Waals surface area contributed by atoms with Crippen molar-refractivity contribution in [2.45, 2.75) is 115 Å². The maximum absolute atomic E-state index is 9.48. The molecule has 5 aromatic rings. The topological polar surface area (TPSA) is 121 Å². The van der Waals surface area contributed by atoms with Crippen molar-refractivity contribution < 1.29 is 13.6 Å². The number of nitrogen functional groups attached to an aromatic ring is 1. The molecular weight excluding hydrogens is 745 g/mol. The van der Waals surface area contributed by atoms with Crippen LogP contribution in [0.2, 0.25) is 36.3 Å². The summed E-state index contributed by atoms with van der Waals surface area (Å²) in [5.74, 6) is 1.89. The maximum Gasteiger partial charge on any atom is 0.192 e. The second kappa shape index (κ2) is 15.3. The number of nitrogens with zero attached hydrogens (tertiary/aromatic N) is 5. The molecule has 0 radical (unpaired) electrons. The molecule has 1 fully saturated rings. The molecule has 9 nitrogen and oxygen atoms in total. The van der Waals surface area contributed by atoms with Gasteiger partial charge in [-0.05, 0) is 78.0 Å². The molecule has 54 heavy (non-hydrogen) atoms. The van der Waals surface area contributed by atoms with E-state index in [9.17, 15) is 5.26 Å². The average molecular weight is 799 g/mol. The minimum Gasteiger partial charge on any atom is -0.408 e.